The first-order chi connectivity index (χ1) is 19.3. The number of esters is 1. The molecule has 2 atom stereocenters. The number of hydrogen-bond donors (Lipinski definition) is 2. The predicted octanol–water partition coefficient (Wildman–Crippen LogP) is 3.63. The number of nitrogen functional groups attached to an aromatic ring is 1. The summed E-state index contributed by atoms with van der Waals surface area (Å²) in [6.45, 7) is 4.42. The van der Waals surface area contributed by atoms with Gasteiger partial charge in [0, 0.05) is 39.4 Å². The third-order valence-electron chi connectivity index (χ3n) is 7.89. The minimum Gasteiger partial charge on any atom is -0.496 e. The van der Waals surface area contributed by atoms with Crippen LogP contribution in [0.15, 0.2) is 36.4 Å². The van der Waals surface area contributed by atoms with Crippen molar-refractivity contribution in [3.05, 3.63) is 58.1 Å². The lowest BCUT2D eigenvalue weighted by Crippen LogP contribution is -2.55. The molecule has 0 bridgehead atoms. The van der Waals surface area contributed by atoms with E-state index in [1.165, 1.54) is 18.7 Å². The summed E-state index contributed by atoms with van der Waals surface area (Å²) in [5, 5.41) is 3.40. The number of methoxy groups -OCH3 is 2. The Labute approximate surface area is 241 Å². The summed E-state index contributed by atoms with van der Waals surface area (Å²) < 4.78 is 16.8. The van der Waals surface area contributed by atoms with Gasteiger partial charge in [0.15, 0.2) is 0 Å². The molecule has 9 nitrogen and oxygen atoms in total. The van der Waals surface area contributed by atoms with E-state index in [1.807, 2.05) is 24.3 Å². The smallest absolute Gasteiger partial charge is 0.338 e. The molecule has 2 heterocycles. The number of likely N-dealkylation sites (tertiary alicyclic amines) is 2. The van der Waals surface area contributed by atoms with Crippen molar-refractivity contribution >= 4 is 29.2 Å². The Morgan fingerprint density at radius 3 is 2.48 bits per heavy atom. The van der Waals surface area contributed by atoms with Gasteiger partial charge in [-0.1, -0.05) is 23.7 Å². The average Bonchev–Trinajstić information content (AvgIpc) is 2.96. The molecule has 10 heteroatoms. The van der Waals surface area contributed by atoms with Gasteiger partial charge in [0.05, 0.1) is 41.1 Å². The molecule has 4 rings (SSSR count). The fourth-order valence-electron chi connectivity index (χ4n) is 5.39. The van der Waals surface area contributed by atoms with Crippen LogP contribution in [-0.2, 0) is 15.9 Å². The van der Waals surface area contributed by atoms with Gasteiger partial charge in [-0.25, -0.2) is 4.79 Å². The highest BCUT2D eigenvalue weighted by molar-refractivity contribution is 6.33. The van der Waals surface area contributed by atoms with E-state index in [1.54, 1.807) is 13.2 Å². The molecule has 3 N–H and O–H groups in total. The molecule has 218 valence electrons. The highest BCUT2D eigenvalue weighted by Gasteiger charge is 2.31. The third kappa shape index (κ3) is 7.87. The molecule has 2 fully saturated rings. The fourth-order valence-corrected chi connectivity index (χ4v) is 5.55. The number of amides is 1. The van der Waals surface area contributed by atoms with Crippen molar-refractivity contribution in [1.82, 2.24) is 15.1 Å². The van der Waals surface area contributed by atoms with Gasteiger partial charge in [-0.15, -0.1) is 0 Å². The van der Waals surface area contributed by atoms with Crippen LogP contribution in [0.4, 0.5) is 5.69 Å². The van der Waals surface area contributed by atoms with E-state index < -0.39 is 0 Å². The van der Waals surface area contributed by atoms with Crippen molar-refractivity contribution in [2.45, 2.75) is 50.4 Å². The largest absolute Gasteiger partial charge is 0.496 e. The first-order valence-electron chi connectivity index (χ1n) is 13.9. The summed E-state index contributed by atoms with van der Waals surface area (Å²) in [7, 11) is 5.26. The van der Waals surface area contributed by atoms with E-state index in [0.29, 0.717) is 27.6 Å². The number of nitrogens with one attached hydrogen (secondary N) is 1. The number of rotatable bonds is 10. The summed E-state index contributed by atoms with van der Waals surface area (Å²) in [4.78, 5) is 30.2. The lowest BCUT2D eigenvalue weighted by Gasteiger charge is -2.38. The molecule has 2 aromatic rings. The summed E-state index contributed by atoms with van der Waals surface area (Å²) in [5.41, 5.74) is 8.36. The maximum Gasteiger partial charge on any atom is 0.338 e. The number of hydrogen-bond acceptors (Lipinski definition) is 8. The molecular formula is C30H41ClN4O5. The van der Waals surface area contributed by atoms with Crippen molar-refractivity contribution < 1.29 is 23.8 Å². The molecule has 0 aliphatic carbocycles. The van der Waals surface area contributed by atoms with Crippen LogP contribution >= 0.6 is 11.6 Å². The number of nitrogens with zero attached hydrogens (tertiary/aromatic N) is 2. The second kappa shape index (κ2) is 14.2. The van der Waals surface area contributed by atoms with Crippen molar-refractivity contribution in [1.29, 1.82) is 0 Å². The Bertz CT molecular complexity index is 1150. The van der Waals surface area contributed by atoms with Crippen LogP contribution in [0.1, 0.15) is 52.0 Å². The van der Waals surface area contributed by atoms with E-state index >= 15 is 0 Å². The zero-order valence-corrected chi connectivity index (χ0v) is 24.4. The number of aryl methyl sites for hydroxylation is 1. The van der Waals surface area contributed by atoms with Gasteiger partial charge in [-0.2, -0.15) is 0 Å². The van der Waals surface area contributed by atoms with Crippen LogP contribution in [0.3, 0.4) is 0 Å². The molecule has 2 aliphatic rings. The monoisotopic (exact) mass is 572 g/mol. The minimum atomic E-state index is -0.266. The van der Waals surface area contributed by atoms with Gasteiger partial charge in [0.25, 0.3) is 5.91 Å². The van der Waals surface area contributed by atoms with Gasteiger partial charge in [-0.3, -0.25) is 4.79 Å². The number of carbonyl (C=O) groups is 2. The normalized spacial score (nSPS) is 20.7. The highest BCUT2D eigenvalue weighted by atomic mass is 35.5. The molecule has 0 radical (unpaired) electrons. The van der Waals surface area contributed by atoms with Crippen LogP contribution in [0, 0.1) is 0 Å². The lowest BCUT2D eigenvalue weighted by molar-refractivity contribution is 0.00615. The zero-order chi connectivity index (χ0) is 28.6. The van der Waals surface area contributed by atoms with E-state index in [0.717, 1.165) is 64.8 Å². The molecule has 1 amide bonds. The van der Waals surface area contributed by atoms with Crippen molar-refractivity contribution in [2.75, 3.05) is 59.7 Å². The summed E-state index contributed by atoms with van der Waals surface area (Å²) >= 11 is 6.15. The number of halogens is 1. The van der Waals surface area contributed by atoms with E-state index in [2.05, 4.69) is 22.2 Å². The predicted molar refractivity (Wildman–Crippen MR) is 156 cm³/mol. The Kier molecular flexibility index (Phi) is 10.7. The zero-order valence-electron chi connectivity index (χ0n) is 23.7. The second-order valence-corrected chi connectivity index (χ2v) is 11.1. The van der Waals surface area contributed by atoms with Gasteiger partial charge >= 0.3 is 5.97 Å². The maximum atomic E-state index is 13.0. The quantitative estimate of drug-likeness (QED) is 0.328. The van der Waals surface area contributed by atoms with Crippen LogP contribution < -0.4 is 15.8 Å². The number of anilines is 1. The molecule has 2 unspecified atom stereocenters. The Hall–Kier alpha value is -2.85. The first kappa shape index (κ1) is 30.1. The van der Waals surface area contributed by atoms with Crippen LogP contribution in [-0.4, -0.2) is 93.9 Å². The van der Waals surface area contributed by atoms with Gasteiger partial charge in [0.2, 0.25) is 0 Å². The molecule has 0 aromatic heterocycles. The molecular weight excluding hydrogens is 532 g/mol. The SMILES string of the molecule is COc1cc(N)c(Cl)cc1C(=O)NC1CCN(CCCc2ccc(C(=O)OC3CCN(C)CC3)cc2)CC1OC. The number of nitrogens with two attached hydrogens (primary N) is 1. The van der Waals surface area contributed by atoms with Crippen molar-refractivity contribution in [2.24, 2.45) is 0 Å². The average molecular weight is 573 g/mol. The van der Waals surface area contributed by atoms with Crippen molar-refractivity contribution in [3.63, 3.8) is 0 Å². The fraction of sp³-hybridized carbons (Fsp3) is 0.533. The Morgan fingerprint density at radius 1 is 1.07 bits per heavy atom. The summed E-state index contributed by atoms with van der Waals surface area (Å²) in [6.07, 6.45) is 4.31. The number of carbonyl (C=O) groups excluding carboxylic acids is 2. The Morgan fingerprint density at radius 2 is 1.80 bits per heavy atom. The number of benzene rings is 2. The lowest BCUT2D eigenvalue weighted by atomic mass is 10.00. The second-order valence-electron chi connectivity index (χ2n) is 10.7. The van der Waals surface area contributed by atoms with E-state index in [-0.39, 0.29) is 30.1 Å². The van der Waals surface area contributed by atoms with E-state index in [9.17, 15) is 9.59 Å². The van der Waals surface area contributed by atoms with Gasteiger partial charge < -0.3 is 35.1 Å². The number of ether oxygens (including phenoxy) is 3. The molecule has 2 saturated heterocycles. The van der Waals surface area contributed by atoms with Crippen molar-refractivity contribution in [3.8, 4) is 5.75 Å². The number of piperidine rings is 2. The topological polar surface area (TPSA) is 106 Å². The summed E-state index contributed by atoms with van der Waals surface area (Å²) in [5.74, 6) is -0.120. The van der Waals surface area contributed by atoms with E-state index in [4.69, 9.17) is 31.5 Å². The minimum absolute atomic E-state index is 0.01000. The molecule has 0 saturated carbocycles. The van der Waals surface area contributed by atoms with Gasteiger partial charge in [-0.05, 0) is 69.5 Å². The molecule has 40 heavy (non-hydrogen) atoms. The molecule has 0 spiro atoms. The Balaban J connectivity index is 1.22. The standard InChI is InChI=1S/C30H41ClN4O5/c1-34-14-10-22(11-15-34)40-30(37)21-8-6-20(7-9-21)5-4-13-35-16-12-26(28(19-35)39-3)33-29(36)23-17-24(31)25(32)18-27(23)38-2/h6-9,17-18,22,26,28H,4-5,10-16,19,32H2,1-3H3,(H,33,36). The third-order valence-corrected chi connectivity index (χ3v) is 8.22. The van der Waals surface area contributed by atoms with Crippen LogP contribution in [0.5, 0.6) is 5.75 Å². The maximum absolute atomic E-state index is 13.0. The van der Waals surface area contributed by atoms with Gasteiger partial charge in [0.1, 0.15) is 11.9 Å². The molecule has 2 aromatic carbocycles. The first-order valence-corrected chi connectivity index (χ1v) is 14.3. The van der Waals surface area contributed by atoms with Crippen LogP contribution in [0.2, 0.25) is 5.02 Å². The summed E-state index contributed by atoms with van der Waals surface area (Å²) in [6, 6.07) is 10.7. The molecule has 2 aliphatic heterocycles. The van der Waals surface area contributed by atoms with Crippen LogP contribution in [0.25, 0.3) is 0 Å². The highest BCUT2D eigenvalue weighted by Crippen LogP contribution is 2.29.